The zero-order valence-corrected chi connectivity index (χ0v) is 15.4. The molecule has 26 heavy (non-hydrogen) atoms. The second-order valence-corrected chi connectivity index (χ2v) is 6.73. The van der Waals surface area contributed by atoms with Gasteiger partial charge in [0.2, 0.25) is 5.91 Å². The molecule has 4 nitrogen and oxygen atoms in total. The summed E-state index contributed by atoms with van der Waals surface area (Å²) in [6, 6.07) is 8.88. The Morgan fingerprint density at radius 3 is 2.54 bits per heavy atom. The zero-order chi connectivity index (χ0) is 18.8. The lowest BCUT2D eigenvalue weighted by Crippen LogP contribution is -2.45. The van der Waals surface area contributed by atoms with E-state index in [9.17, 15) is 14.0 Å². The van der Waals surface area contributed by atoms with Crippen LogP contribution in [-0.2, 0) is 4.79 Å². The van der Waals surface area contributed by atoms with Gasteiger partial charge in [-0.1, -0.05) is 31.5 Å². The van der Waals surface area contributed by atoms with Gasteiger partial charge in [-0.2, -0.15) is 0 Å². The molecule has 0 fully saturated rings. The second-order valence-electron chi connectivity index (χ2n) is 6.30. The van der Waals surface area contributed by atoms with E-state index in [0.29, 0.717) is 40.4 Å². The van der Waals surface area contributed by atoms with Crippen LogP contribution in [0, 0.1) is 5.82 Å². The van der Waals surface area contributed by atoms with Crippen molar-refractivity contribution in [1.82, 2.24) is 4.90 Å². The molecule has 2 aromatic rings. The van der Waals surface area contributed by atoms with E-state index in [4.69, 9.17) is 11.6 Å². The maximum atomic E-state index is 14.3. The Kier molecular flexibility index (Phi) is 5.28. The molecule has 136 valence electrons. The number of nitrogens with one attached hydrogen (secondary N) is 1. The molecule has 0 bridgehead atoms. The predicted molar refractivity (Wildman–Crippen MR) is 101 cm³/mol. The van der Waals surface area contributed by atoms with Gasteiger partial charge in [0.25, 0.3) is 5.91 Å². The molecule has 6 heteroatoms. The third kappa shape index (κ3) is 3.31. The second kappa shape index (κ2) is 7.46. The highest BCUT2D eigenvalue weighted by molar-refractivity contribution is 6.30. The molecule has 0 saturated heterocycles. The molecule has 1 atom stereocenters. The Morgan fingerprint density at radius 2 is 1.88 bits per heavy atom. The molecule has 3 rings (SSSR count). The van der Waals surface area contributed by atoms with Crippen LogP contribution < -0.4 is 5.32 Å². The molecule has 0 saturated carbocycles. The molecule has 0 radical (unpaired) electrons. The average molecular weight is 375 g/mol. The van der Waals surface area contributed by atoms with Gasteiger partial charge in [-0.05, 0) is 48.7 Å². The van der Waals surface area contributed by atoms with E-state index in [1.165, 1.54) is 6.07 Å². The van der Waals surface area contributed by atoms with Gasteiger partial charge in [-0.25, -0.2) is 4.39 Å². The SMILES string of the molecule is CCCN1C(=O)c2cc(-c3ccc(Cl)cc3F)ccc2NC(=O)C1CC. The van der Waals surface area contributed by atoms with Crippen molar-refractivity contribution in [3.63, 3.8) is 0 Å². The minimum absolute atomic E-state index is 0.196. The minimum atomic E-state index is -0.509. The Labute approximate surface area is 157 Å². The average Bonchev–Trinajstić information content (AvgIpc) is 2.70. The lowest BCUT2D eigenvalue weighted by molar-refractivity contribution is -0.120. The standard InChI is InChI=1S/C20H20ClFN2O2/c1-3-9-24-18(4-2)19(25)23-17-8-5-12(10-15(17)20(24)26)14-7-6-13(21)11-16(14)22/h5-8,10-11,18H,3-4,9H2,1-2H3,(H,23,25). The van der Waals surface area contributed by atoms with E-state index in [-0.39, 0.29) is 11.8 Å². The molecule has 1 aliphatic heterocycles. The number of anilines is 1. The Bertz CT molecular complexity index is 869. The first-order chi connectivity index (χ1) is 12.5. The number of rotatable bonds is 4. The van der Waals surface area contributed by atoms with Gasteiger partial charge in [-0.3, -0.25) is 9.59 Å². The van der Waals surface area contributed by atoms with Gasteiger partial charge in [0.15, 0.2) is 0 Å². The molecule has 1 unspecified atom stereocenters. The van der Waals surface area contributed by atoms with Crippen LogP contribution in [0.4, 0.5) is 10.1 Å². The van der Waals surface area contributed by atoms with Crippen LogP contribution in [0.1, 0.15) is 37.0 Å². The van der Waals surface area contributed by atoms with Crippen molar-refractivity contribution in [3.8, 4) is 11.1 Å². The topological polar surface area (TPSA) is 49.4 Å². The van der Waals surface area contributed by atoms with Crippen molar-refractivity contribution in [3.05, 3.63) is 52.8 Å². The summed E-state index contributed by atoms with van der Waals surface area (Å²) in [5.74, 6) is -0.874. The molecule has 2 amide bonds. The number of carbonyl (C=O) groups excluding carboxylic acids is 2. The van der Waals surface area contributed by atoms with E-state index in [1.54, 1.807) is 35.2 Å². The maximum absolute atomic E-state index is 14.3. The van der Waals surface area contributed by atoms with Gasteiger partial charge in [0.1, 0.15) is 11.9 Å². The van der Waals surface area contributed by atoms with Crippen LogP contribution >= 0.6 is 11.6 Å². The lowest BCUT2D eigenvalue weighted by Gasteiger charge is -2.27. The van der Waals surface area contributed by atoms with Crippen molar-refractivity contribution in [2.75, 3.05) is 11.9 Å². The highest BCUT2D eigenvalue weighted by Crippen LogP contribution is 2.31. The maximum Gasteiger partial charge on any atom is 0.256 e. The van der Waals surface area contributed by atoms with E-state index in [2.05, 4.69) is 5.32 Å². The summed E-state index contributed by atoms with van der Waals surface area (Å²) in [7, 11) is 0. The summed E-state index contributed by atoms with van der Waals surface area (Å²) in [4.78, 5) is 27.2. The fraction of sp³-hybridized carbons (Fsp3) is 0.300. The largest absolute Gasteiger partial charge is 0.327 e. The smallest absolute Gasteiger partial charge is 0.256 e. The number of carbonyl (C=O) groups is 2. The van der Waals surface area contributed by atoms with Crippen LogP contribution in [0.3, 0.4) is 0 Å². The van der Waals surface area contributed by atoms with Gasteiger partial charge >= 0.3 is 0 Å². The summed E-state index contributed by atoms with van der Waals surface area (Å²) >= 11 is 5.82. The highest BCUT2D eigenvalue weighted by atomic mass is 35.5. The third-order valence-electron chi connectivity index (χ3n) is 4.54. The molecule has 2 aromatic carbocycles. The summed E-state index contributed by atoms with van der Waals surface area (Å²) in [5.41, 5.74) is 1.74. The van der Waals surface area contributed by atoms with Crippen LogP contribution in [0.15, 0.2) is 36.4 Å². The lowest BCUT2D eigenvalue weighted by atomic mass is 10.0. The van der Waals surface area contributed by atoms with Crippen LogP contribution in [-0.4, -0.2) is 29.3 Å². The van der Waals surface area contributed by atoms with E-state index < -0.39 is 11.9 Å². The fourth-order valence-electron chi connectivity index (χ4n) is 3.28. The van der Waals surface area contributed by atoms with Gasteiger partial charge in [0, 0.05) is 17.1 Å². The van der Waals surface area contributed by atoms with Gasteiger partial charge < -0.3 is 10.2 Å². The molecular formula is C20H20ClFN2O2. The predicted octanol–water partition coefficient (Wildman–Crippen LogP) is 4.73. The first kappa shape index (κ1) is 18.4. The van der Waals surface area contributed by atoms with Crippen molar-refractivity contribution in [2.24, 2.45) is 0 Å². The molecule has 0 spiro atoms. The molecule has 0 aliphatic carbocycles. The summed E-state index contributed by atoms with van der Waals surface area (Å²) in [6.07, 6.45) is 1.28. The van der Waals surface area contributed by atoms with Crippen LogP contribution in [0.5, 0.6) is 0 Å². The molecule has 0 aromatic heterocycles. The number of benzene rings is 2. The normalized spacial score (nSPS) is 16.9. The number of halogens is 2. The fourth-order valence-corrected chi connectivity index (χ4v) is 3.44. The molecule has 1 N–H and O–H groups in total. The first-order valence-corrected chi connectivity index (χ1v) is 9.05. The van der Waals surface area contributed by atoms with Crippen molar-refractivity contribution >= 4 is 29.1 Å². The van der Waals surface area contributed by atoms with Crippen molar-refractivity contribution in [2.45, 2.75) is 32.7 Å². The highest BCUT2D eigenvalue weighted by Gasteiger charge is 2.33. The van der Waals surface area contributed by atoms with E-state index in [0.717, 1.165) is 6.42 Å². The Morgan fingerprint density at radius 1 is 1.12 bits per heavy atom. The van der Waals surface area contributed by atoms with Gasteiger partial charge in [-0.15, -0.1) is 0 Å². The van der Waals surface area contributed by atoms with Gasteiger partial charge in [0.05, 0.1) is 11.3 Å². The minimum Gasteiger partial charge on any atom is -0.327 e. The van der Waals surface area contributed by atoms with E-state index in [1.807, 2.05) is 13.8 Å². The molecule has 1 aliphatic rings. The van der Waals surface area contributed by atoms with Crippen molar-refractivity contribution < 1.29 is 14.0 Å². The quantitative estimate of drug-likeness (QED) is 0.841. The first-order valence-electron chi connectivity index (χ1n) is 8.67. The molecular weight excluding hydrogens is 355 g/mol. The third-order valence-corrected chi connectivity index (χ3v) is 4.78. The Balaban J connectivity index is 2.09. The van der Waals surface area contributed by atoms with Crippen LogP contribution in [0.25, 0.3) is 11.1 Å². The number of hydrogen-bond acceptors (Lipinski definition) is 2. The summed E-state index contributed by atoms with van der Waals surface area (Å²) < 4.78 is 14.3. The number of fused-ring (bicyclic) bond motifs is 1. The summed E-state index contributed by atoms with van der Waals surface area (Å²) in [5, 5.41) is 3.14. The monoisotopic (exact) mass is 374 g/mol. The van der Waals surface area contributed by atoms with E-state index >= 15 is 0 Å². The number of hydrogen-bond donors (Lipinski definition) is 1. The molecule has 1 heterocycles. The number of amides is 2. The van der Waals surface area contributed by atoms with Crippen molar-refractivity contribution in [1.29, 1.82) is 0 Å². The Hall–Kier alpha value is -2.40. The number of nitrogens with zero attached hydrogens (tertiary/aromatic N) is 1. The summed E-state index contributed by atoms with van der Waals surface area (Å²) in [6.45, 7) is 4.33. The zero-order valence-electron chi connectivity index (χ0n) is 14.7. The van der Waals surface area contributed by atoms with Crippen LogP contribution in [0.2, 0.25) is 5.02 Å².